The van der Waals surface area contributed by atoms with Gasteiger partial charge >= 0.3 is 0 Å². The van der Waals surface area contributed by atoms with Gasteiger partial charge in [-0.25, -0.2) is 4.39 Å². The summed E-state index contributed by atoms with van der Waals surface area (Å²) in [6.07, 6.45) is 0.778. The Morgan fingerprint density at radius 3 is 2.26 bits per heavy atom. The molecule has 0 N–H and O–H groups in total. The van der Waals surface area contributed by atoms with E-state index in [1.807, 2.05) is 19.9 Å². The van der Waals surface area contributed by atoms with Crippen LogP contribution in [-0.2, 0) is 9.59 Å². The Morgan fingerprint density at radius 2 is 1.67 bits per heavy atom. The number of hydrogen-bond acceptors (Lipinski definition) is 5. The van der Waals surface area contributed by atoms with Crippen LogP contribution < -0.4 is 9.64 Å². The van der Waals surface area contributed by atoms with E-state index in [2.05, 4.69) is 9.80 Å². The summed E-state index contributed by atoms with van der Waals surface area (Å²) in [5.41, 5.74) is 0.786. The molecule has 3 rings (SSSR count). The normalized spacial score (nSPS) is 24.0. The largest absolute Gasteiger partial charge is 0.492 e. The number of hydrogen-bond donors (Lipinski definition) is 0. The van der Waals surface area contributed by atoms with E-state index in [9.17, 15) is 14.0 Å². The fourth-order valence-electron chi connectivity index (χ4n) is 3.86. The number of para-hydroxylation sites is 1. The fraction of sp³-hybridized carbons (Fsp3) is 0.600. The van der Waals surface area contributed by atoms with Crippen molar-refractivity contribution >= 4 is 17.5 Å². The average molecular weight is 377 g/mol. The van der Waals surface area contributed by atoms with Gasteiger partial charge in [0.15, 0.2) is 11.6 Å². The minimum atomic E-state index is -0.346. The van der Waals surface area contributed by atoms with Gasteiger partial charge in [0, 0.05) is 44.6 Å². The molecule has 2 aliphatic rings. The van der Waals surface area contributed by atoms with Crippen molar-refractivity contribution in [1.29, 1.82) is 0 Å². The second kappa shape index (κ2) is 8.25. The lowest BCUT2D eigenvalue weighted by Crippen LogP contribution is -2.47. The van der Waals surface area contributed by atoms with E-state index in [1.54, 1.807) is 6.07 Å². The Labute approximate surface area is 159 Å². The zero-order valence-electron chi connectivity index (χ0n) is 16.3. The molecule has 1 aromatic rings. The zero-order valence-corrected chi connectivity index (χ0v) is 16.3. The van der Waals surface area contributed by atoms with Crippen molar-refractivity contribution in [2.24, 2.45) is 11.8 Å². The van der Waals surface area contributed by atoms with E-state index in [4.69, 9.17) is 4.74 Å². The first-order valence-electron chi connectivity index (χ1n) is 9.59. The topological polar surface area (TPSA) is 53.1 Å². The molecule has 0 spiro atoms. The zero-order chi connectivity index (χ0) is 19.6. The van der Waals surface area contributed by atoms with Crippen LogP contribution in [0.2, 0.25) is 0 Å². The molecule has 6 nitrogen and oxygen atoms in total. The lowest BCUT2D eigenvalue weighted by molar-refractivity contribution is -0.139. The Balaban J connectivity index is 1.47. The van der Waals surface area contributed by atoms with E-state index in [0.29, 0.717) is 12.3 Å². The van der Waals surface area contributed by atoms with E-state index in [-0.39, 0.29) is 29.5 Å². The van der Waals surface area contributed by atoms with Gasteiger partial charge in [0.1, 0.15) is 0 Å². The van der Waals surface area contributed by atoms with E-state index in [1.165, 1.54) is 18.1 Å². The molecule has 148 valence electrons. The highest BCUT2D eigenvalue weighted by atomic mass is 19.1. The van der Waals surface area contributed by atoms with Gasteiger partial charge in [-0.05, 0) is 25.1 Å². The van der Waals surface area contributed by atoms with Crippen LogP contribution in [0.15, 0.2) is 18.2 Å². The molecule has 2 unspecified atom stereocenters. The van der Waals surface area contributed by atoms with Crippen molar-refractivity contribution in [3.8, 4) is 5.75 Å². The molecule has 0 aliphatic carbocycles. The number of halogens is 1. The summed E-state index contributed by atoms with van der Waals surface area (Å²) in [6.45, 7) is 8.27. The number of rotatable bonds is 6. The number of ether oxygens (including phenoxy) is 1. The van der Waals surface area contributed by atoms with Crippen LogP contribution in [0.4, 0.5) is 10.1 Å². The van der Waals surface area contributed by atoms with Crippen LogP contribution >= 0.6 is 0 Å². The molecule has 0 radical (unpaired) electrons. The molecule has 27 heavy (non-hydrogen) atoms. The monoisotopic (exact) mass is 377 g/mol. The lowest BCUT2D eigenvalue weighted by Gasteiger charge is -2.36. The molecule has 7 heteroatoms. The van der Waals surface area contributed by atoms with Gasteiger partial charge in [0.05, 0.1) is 12.8 Å². The molecular formula is C20H28FN3O3. The van der Waals surface area contributed by atoms with Gasteiger partial charge in [-0.2, -0.15) is 0 Å². The highest BCUT2D eigenvalue weighted by molar-refractivity contribution is 6.04. The quantitative estimate of drug-likeness (QED) is 0.710. The van der Waals surface area contributed by atoms with Crippen molar-refractivity contribution in [3.05, 3.63) is 24.0 Å². The second-order valence-electron chi connectivity index (χ2n) is 7.38. The van der Waals surface area contributed by atoms with Crippen LogP contribution in [-0.4, -0.2) is 68.0 Å². The summed E-state index contributed by atoms with van der Waals surface area (Å²) >= 11 is 0. The third kappa shape index (κ3) is 3.93. The van der Waals surface area contributed by atoms with Crippen LogP contribution in [0.3, 0.4) is 0 Å². The maximum Gasteiger partial charge on any atom is 0.232 e. The van der Waals surface area contributed by atoms with Crippen molar-refractivity contribution in [2.45, 2.75) is 20.3 Å². The summed E-state index contributed by atoms with van der Waals surface area (Å²) in [4.78, 5) is 30.2. The van der Waals surface area contributed by atoms with Crippen LogP contribution in [0.5, 0.6) is 5.75 Å². The number of benzene rings is 1. The number of amides is 2. The number of piperazine rings is 1. The van der Waals surface area contributed by atoms with Gasteiger partial charge < -0.3 is 9.64 Å². The van der Waals surface area contributed by atoms with Crippen molar-refractivity contribution < 1.29 is 18.7 Å². The third-order valence-corrected chi connectivity index (χ3v) is 5.78. The molecule has 2 fully saturated rings. The number of carbonyl (C=O) groups excluding carboxylic acids is 2. The SMILES string of the molecule is COc1c(F)cccc1N1CCN(CCCN2C(=O)C(C)C(C)C2=O)CC1. The fourth-order valence-corrected chi connectivity index (χ4v) is 3.86. The van der Waals surface area contributed by atoms with Crippen molar-refractivity contribution in [1.82, 2.24) is 9.80 Å². The first kappa shape index (κ1) is 19.6. The first-order valence-corrected chi connectivity index (χ1v) is 9.59. The molecule has 0 saturated carbocycles. The molecular weight excluding hydrogens is 349 g/mol. The van der Waals surface area contributed by atoms with E-state index in [0.717, 1.165) is 44.8 Å². The maximum absolute atomic E-state index is 13.9. The highest BCUT2D eigenvalue weighted by Crippen LogP contribution is 2.31. The van der Waals surface area contributed by atoms with Gasteiger partial charge in [-0.1, -0.05) is 19.9 Å². The summed E-state index contributed by atoms with van der Waals surface area (Å²) in [5, 5.41) is 0. The second-order valence-corrected chi connectivity index (χ2v) is 7.38. The number of methoxy groups -OCH3 is 1. The first-order chi connectivity index (χ1) is 12.9. The van der Waals surface area contributed by atoms with E-state index < -0.39 is 0 Å². The number of likely N-dealkylation sites (tertiary alicyclic amines) is 1. The highest BCUT2D eigenvalue weighted by Gasteiger charge is 2.41. The summed E-state index contributed by atoms with van der Waals surface area (Å²) in [6, 6.07) is 4.98. The number of carbonyl (C=O) groups is 2. The summed E-state index contributed by atoms with van der Waals surface area (Å²) < 4.78 is 19.1. The Morgan fingerprint density at radius 1 is 1.04 bits per heavy atom. The number of imide groups is 1. The van der Waals surface area contributed by atoms with Crippen LogP contribution in [0.1, 0.15) is 20.3 Å². The summed E-state index contributed by atoms with van der Waals surface area (Å²) in [7, 11) is 1.49. The molecule has 2 saturated heterocycles. The smallest absolute Gasteiger partial charge is 0.232 e. The lowest BCUT2D eigenvalue weighted by atomic mass is 10.00. The molecule has 2 heterocycles. The molecule has 0 bridgehead atoms. The van der Waals surface area contributed by atoms with Crippen molar-refractivity contribution in [3.63, 3.8) is 0 Å². The predicted octanol–water partition coefficient (Wildman–Crippen LogP) is 1.99. The standard InChI is InChI=1S/C20H28FN3O3/c1-14-15(2)20(26)24(19(14)25)9-5-8-22-10-12-23(13-11-22)17-7-4-6-16(21)18(17)27-3/h4,6-7,14-15H,5,8-13H2,1-3H3. The predicted molar refractivity (Wildman–Crippen MR) is 101 cm³/mol. The van der Waals surface area contributed by atoms with Gasteiger partial charge in [-0.3, -0.25) is 19.4 Å². The molecule has 2 amide bonds. The Kier molecular flexibility index (Phi) is 5.99. The minimum Gasteiger partial charge on any atom is -0.492 e. The van der Waals surface area contributed by atoms with Gasteiger partial charge in [-0.15, -0.1) is 0 Å². The number of nitrogens with zero attached hydrogens (tertiary/aromatic N) is 3. The van der Waals surface area contributed by atoms with Crippen LogP contribution in [0.25, 0.3) is 0 Å². The molecule has 2 atom stereocenters. The average Bonchev–Trinajstić information content (AvgIpc) is 2.86. The van der Waals surface area contributed by atoms with Crippen molar-refractivity contribution in [2.75, 3.05) is 51.3 Å². The third-order valence-electron chi connectivity index (χ3n) is 5.78. The summed E-state index contributed by atoms with van der Waals surface area (Å²) in [5.74, 6) is -0.559. The van der Waals surface area contributed by atoms with Crippen LogP contribution in [0, 0.1) is 17.7 Å². The van der Waals surface area contributed by atoms with Gasteiger partial charge in [0.2, 0.25) is 11.8 Å². The van der Waals surface area contributed by atoms with E-state index >= 15 is 0 Å². The minimum absolute atomic E-state index is 0.0458. The molecule has 1 aromatic carbocycles. The molecule has 2 aliphatic heterocycles. The maximum atomic E-state index is 13.9. The number of anilines is 1. The van der Waals surface area contributed by atoms with Gasteiger partial charge in [0.25, 0.3) is 0 Å². The Bertz CT molecular complexity index is 684. The Hall–Kier alpha value is -2.15. The molecule has 0 aromatic heterocycles.